The lowest BCUT2D eigenvalue weighted by Gasteiger charge is -2.36. The second-order valence-electron chi connectivity index (χ2n) is 7.51. The van der Waals surface area contributed by atoms with Gasteiger partial charge in [-0.1, -0.05) is 123 Å². The van der Waals surface area contributed by atoms with Gasteiger partial charge >= 0.3 is 0 Å². The van der Waals surface area contributed by atoms with Gasteiger partial charge in [-0.3, -0.25) is 0 Å². The summed E-state index contributed by atoms with van der Waals surface area (Å²) in [7, 11) is -2.34. The summed E-state index contributed by atoms with van der Waals surface area (Å²) < 4.78 is 0. The molecule has 0 saturated carbocycles. The van der Waals surface area contributed by atoms with E-state index in [0.29, 0.717) is 5.92 Å². The normalized spacial score (nSPS) is 16.6. The summed E-state index contributed by atoms with van der Waals surface area (Å²) in [4.78, 5) is 0. The molecule has 3 aromatic carbocycles. The average molecular weight is 381 g/mol. The third kappa shape index (κ3) is 3.00. The minimum atomic E-state index is -2.34. The molecule has 0 aromatic heterocycles. The number of rotatable bonds is 6. The second kappa shape index (κ2) is 8.16. The first-order chi connectivity index (χ1) is 13.8. The predicted octanol–water partition coefficient (Wildman–Crippen LogP) is 5.00. The molecule has 0 spiro atoms. The molecular formula is C27H28Si. The lowest BCUT2D eigenvalue weighted by Crippen LogP contribution is -2.68. The summed E-state index contributed by atoms with van der Waals surface area (Å²) in [6.07, 6.45) is 7.20. The van der Waals surface area contributed by atoms with E-state index in [0.717, 1.165) is 6.42 Å². The van der Waals surface area contributed by atoms with Crippen molar-refractivity contribution in [3.05, 3.63) is 114 Å². The van der Waals surface area contributed by atoms with E-state index in [1.54, 1.807) is 10.8 Å². The lowest BCUT2D eigenvalue weighted by atomic mass is 9.98. The minimum absolute atomic E-state index is 0.572. The highest BCUT2D eigenvalue weighted by Gasteiger charge is 2.44. The highest BCUT2D eigenvalue weighted by Crippen LogP contribution is 2.35. The summed E-state index contributed by atoms with van der Waals surface area (Å²) in [6.45, 7) is 4.63. The van der Waals surface area contributed by atoms with Gasteiger partial charge in [0, 0.05) is 0 Å². The van der Waals surface area contributed by atoms with Gasteiger partial charge in [0.25, 0.3) is 0 Å². The first-order valence-corrected chi connectivity index (χ1v) is 12.4. The molecule has 1 unspecified atom stereocenters. The summed E-state index contributed by atoms with van der Waals surface area (Å²) in [6, 6.07) is 33.7. The molecule has 0 heterocycles. The van der Waals surface area contributed by atoms with E-state index in [9.17, 15) is 0 Å². The molecule has 0 fully saturated rings. The molecule has 1 heteroatoms. The molecule has 4 rings (SSSR count). The SMILES string of the molecule is CCC1=C([Si](c2ccccc2)(c2ccccc2)c2ccccc2)C=CC1CC. The maximum Gasteiger partial charge on any atom is 0.179 e. The Bertz CT molecular complexity index is 872. The van der Waals surface area contributed by atoms with Crippen molar-refractivity contribution in [1.29, 1.82) is 0 Å². The third-order valence-electron chi connectivity index (χ3n) is 6.13. The highest BCUT2D eigenvalue weighted by molar-refractivity contribution is 7.16. The summed E-state index contributed by atoms with van der Waals surface area (Å²) >= 11 is 0. The third-order valence-corrected chi connectivity index (χ3v) is 11.0. The molecule has 0 aliphatic heterocycles. The van der Waals surface area contributed by atoms with E-state index in [4.69, 9.17) is 0 Å². The van der Waals surface area contributed by atoms with Gasteiger partial charge in [-0.05, 0) is 39.5 Å². The van der Waals surface area contributed by atoms with Crippen molar-refractivity contribution in [2.45, 2.75) is 26.7 Å². The van der Waals surface area contributed by atoms with E-state index < -0.39 is 8.07 Å². The Hall–Kier alpha value is -2.64. The summed E-state index contributed by atoms with van der Waals surface area (Å²) in [5.41, 5.74) is 1.63. The molecule has 0 radical (unpaired) electrons. The molecule has 140 valence electrons. The van der Waals surface area contributed by atoms with Gasteiger partial charge in [-0.2, -0.15) is 0 Å². The van der Waals surface area contributed by atoms with Crippen molar-refractivity contribution in [3.8, 4) is 0 Å². The van der Waals surface area contributed by atoms with Gasteiger partial charge < -0.3 is 0 Å². The molecule has 1 atom stereocenters. The van der Waals surface area contributed by atoms with Gasteiger partial charge in [0.1, 0.15) is 0 Å². The predicted molar refractivity (Wildman–Crippen MR) is 124 cm³/mol. The first kappa shape index (κ1) is 18.7. The van der Waals surface area contributed by atoms with Gasteiger partial charge in [-0.25, -0.2) is 0 Å². The van der Waals surface area contributed by atoms with Gasteiger partial charge in [0.15, 0.2) is 8.07 Å². The van der Waals surface area contributed by atoms with Gasteiger partial charge in [-0.15, -0.1) is 0 Å². The van der Waals surface area contributed by atoms with Gasteiger partial charge in [0.2, 0.25) is 0 Å². The largest absolute Gasteiger partial charge is 0.179 e. The van der Waals surface area contributed by atoms with Crippen molar-refractivity contribution in [2.75, 3.05) is 0 Å². The van der Waals surface area contributed by atoms with Crippen LogP contribution in [0.1, 0.15) is 26.7 Å². The Balaban J connectivity index is 2.13. The molecule has 28 heavy (non-hydrogen) atoms. The molecule has 0 saturated heterocycles. The molecule has 3 aromatic rings. The van der Waals surface area contributed by atoms with E-state index >= 15 is 0 Å². The standard InChI is InChI=1S/C27H28Si/c1-3-22-20-21-27(26(22)4-2)28(23-14-8-5-9-15-23,24-16-10-6-11-17-24)25-18-12-7-13-19-25/h5-22H,3-4H2,1-2H3. The Morgan fingerprint density at radius 3 is 1.43 bits per heavy atom. The molecule has 0 bridgehead atoms. The smallest absolute Gasteiger partial charge is 0.0774 e. The van der Waals surface area contributed by atoms with Crippen LogP contribution >= 0.6 is 0 Å². The Morgan fingerprint density at radius 2 is 1.07 bits per heavy atom. The Labute approximate surface area is 170 Å². The molecule has 1 aliphatic rings. The molecular weight excluding hydrogens is 352 g/mol. The Morgan fingerprint density at radius 1 is 0.643 bits per heavy atom. The highest BCUT2D eigenvalue weighted by atomic mass is 28.3. The maximum absolute atomic E-state index is 2.46. The molecule has 0 N–H and O–H groups in total. The van der Waals surface area contributed by atoms with E-state index in [2.05, 4.69) is 117 Å². The summed E-state index contributed by atoms with van der Waals surface area (Å²) in [5, 5.41) is 5.99. The fourth-order valence-electron chi connectivity index (χ4n) is 4.87. The number of hydrogen-bond donors (Lipinski definition) is 0. The molecule has 1 aliphatic carbocycles. The topological polar surface area (TPSA) is 0 Å². The quantitative estimate of drug-likeness (QED) is 0.417. The Kier molecular flexibility index (Phi) is 5.45. The first-order valence-electron chi connectivity index (χ1n) is 10.4. The zero-order valence-corrected chi connectivity index (χ0v) is 17.8. The van der Waals surface area contributed by atoms with Crippen LogP contribution in [-0.4, -0.2) is 8.07 Å². The number of hydrogen-bond acceptors (Lipinski definition) is 0. The zero-order valence-electron chi connectivity index (χ0n) is 16.8. The second-order valence-corrected chi connectivity index (χ2v) is 11.3. The van der Waals surface area contributed by atoms with Crippen LogP contribution < -0.4 is 15.6 Å². The van der Waals surface area contributed by atoms with Crippen molar-refractivity contribution in [2.24, 2.45) is 5.92 Å². The molecule has 0 amide bonds. The number of benzene rings is 3. The van der Waals surface area contributed by atoms with Crippen LogP contribution in [0.3, 0.4) is 0 Å². The number of allylic oxidation sites excluding steroid dienone is 4. The maximum atomic E-state index is 2.46. The van der Waals surface area contributed by atoms with Crippen LogP contribution in [-0.2, 0) is 0 Å². The van der Waals surface area contributed by atoms with Crippen molar-refractivity contribution in [3.63, 3.8) is 0 Å². The monoisotopic (exact) mass is 380 g/mol. The van der Waals surface area contributed by atoms with Crippen LogP contribution in [0.5, 0.6) is 0 Å². The van der Waals surface area contributed by atoms with Crippen LogP contribution in [0.15, 0.2) is 114 Å². The van der Waals surface area contributed by atoms with Crippen LogP contribution in [0.2, 0.25) is 0 Å². The average Bonchev–Trinajstić information content (AvgIpc) is 3.20. The minimum Gasteiger partial charge on any atom is -0.0774 e. The van der Waals surface area contributed by atoms with E-state index in [-0.39, 0.29) is 0 Å². The van der Waals surface area contributed by atoms with Crippen LogP contribution in [0, 0.1) is 5.92 Å². The van der Waals surface area contributed by atoms with Crippen molar-refractivity contribution in [1.82, 2.24) is 0 Å². The fraction of sp³-hybridized carbons (Fsp3) is 0.185. The van der Waals surface area contributed by atoms with Crippen molar-refractivity contribution < 1.29 is 0 Å². The lowest BCUT2D eigenvalue weighted by molar-refractivity contribution is 0.709. The fourth-order valence-corrected chi connectivity index (χ4v) is 10.1. The van der Waals surface area contributed by atoms with E-state index in [1.807, 2.05) is 0 Å². The van der Waals surface area contributed by atoms with Crippen LogP contribution in [0.25, 0.3) is 0 Å². The molecule has 0 nitrogen and oxygen atoms in total. The summed E-state index contributed by atoms with van der Waals surface area (Å²) in [5.74, 6) is 0.572. The van der Waals surface area contributed by atoms with E-state index in [1.165, 1.54) is 22.0 Å². The van der Waals surface area contributed by atoms with Crippen LogP contribution in [0.4, 0.5) is 0 Å². The van der Waals surface area contributed by atoms with Crippen molar-refractivity contribution >= 4 is 23.6 Å². The van der Waals surface area contributed by atoms with Gasteiger partial charge in [0.05, 0.1) is 0 Å². The zero-order chi connectivity index (χ0) is 19.4.